The topological polar surface area (TPSA) is 105 Å². The molecule has 0 saturated carbocycles. The molecule has 4 aromatic rings. The van der Waals surface area contributed by atoms with Crippen LogP contribution in [-0.2, 0) is 4.74 Å². The molecule has 0 spiro atoms. The molecule has 1 amide bonds. The Bertz CT molecular complexity index is 1490. The van der Waals surface area contributed by atoms with Crippen LogP contribution in [-0.4, -0.2) is 107 Å². The van der Waals surface area contributed by atoms with E-state index in [1.54, 1.807) is 0 Å². The zero-order chi connectivity index (χ0) is 27.6. The van der Waals surface area contributed by atoms with Gasteiger partial charge in [-0.05, 0) is 75.2 Å². The molecule has 0 unspecified atom stereocenters. The van der Waals surface area contributed by atoms with Gasteiger partial charge in [0, 0.05) is 61.9 Å². The van der Waals surface area contributed by atoms with Crippen LogP contribution in [0.5, 0.6) is 0 Å². The van der Waals surface area contributed by atoms with Gasteiger partial charge >= 0.3 is 0 Å². The summed E-state index contributed by atoms with van der Waals surface area (Å²) in [5, 5.41) is 11.6. The van der Waals surface area contributed by atoms with Crippen molar-refractivity contribution in [1.29, 1.82) is 0 Å². The zero-order valence-corrected chi connectivity index (χ0v) is 23.7. The van der Waals surface area contributed by atoms with E-state index >= 15 is 0 Å². The maximum Gasteiger partial charge on any atom is 0.251 e. The summed E-state index contributed by atoms with van der Waals surface area (Å²) in [6, 6.07) is 12.9. The van der Waals surface area contributed by atoms with E-state index < -0.39 is 0 Å². The number of imidazole rings is 1. The van der Waals surface area contributed by atoms with Gasteiger partial charge in [0.15, 0.2) is 5.82 Å². The number of H-pyrrole nitrogens is 2. The Labute approximate surface area is 240 Å². The molecule has 0 aliphatic carbocycles. The molecule has 0 atom stereocenters. The molecule has 216 valence electrons. The molecule has 3 N–H and O–H groups in total. The number of morpholine rings is 1. The average Bonchev–Trinajstić information content (AvgIpc) is 3.65. The standard InChI is InChI=1S/C31H40N8O2/c40-31(32-10-15-37-16-18-41-19-17-37)22-4-6-25-27(20-22)35-36-29(25)30-33-26-7-5-24(21-28(26)34-30)39-13-8-23(9-14-39)38-11-2-1-3-12-38/h4-7,20-21,23H,1-3,8-19H2,(H,32,40)(H,33,34)(H,35,36). The van der Waals surface area contributed by atoms with Crippen molar-refractivity contribution in [1.82, 2.24) is 35.3 Å². The highest BCUT2D eigenvalue weighted by Gasteiger charge is 2.26. The van der Waals surface area contributed by atoms with Gasteiger partial charge in [-0.15, -0.1) is 0 Å². The summed E-state index contributed by atoms with van der Waals surface area (Å²) in [6.45, 7) is 9.55. The Morgan fingerprint density at radius 1 is 0.951 bits per heavy atom. The normalized spacial score (nSPS) is 19.8. The maximum absolute atomic E-state index is 12.8. The van der Waals surface area contributed by atoms with Gasteiger partial charge in [-0.2, -0.15) is 5.10 Å². The van der Waals surface area contributed by atoms with Crippen molar-refractivity contribution in [2.75, 3.05) is 70.5 Å². The minimum absolute atomic E-state index is 0.0764. The van der Waals surface area contributed by atoms with Crippen molar-refractivity contribution < 1.29 is 9.53 Å². The highest BCUT2D eigenvalue weighted by Crippen LogP contribution is 2.30. The first kappa shape index (κ1) is 26.4. The fraction of sp³-hybridized carbons (Fsp3) is 0.516. The molecule has 3 saturated heterocycles. The number of fused-ring (bicyclic) bond motifs is 2. The third-order valence-electron chi connectivity index (χ3n) is 9.07. The molecule has 3 aliphatic heterocycles. The lowest BCUT2D eigenvalue weighted by molar-refractivity contribution is 0.0383. The highest BCUT2D eigenvalue weighted by atomic mass is 16.5. The van der Waals surface area contributed by atoms with Crippen LogP contribution >= 0.6 is 0 Å². The van der Waals surface area contributed by atoms with Gasteiger partial charge in [0.25, 0.3) is 5.91 Å². The minimum atomic E-state index is -0.0764. The quantitative estimate of drug-likeness (QED) is 0.319. The van der Waals surface area contributed by atoms with Gasteiger partial charge in [0.2, 0.25) is 0 Å². The molecule has 5 heterocycles. The van der Waals surface area contributed by atoms with Gasteiger partial charge in [-0.25, -0.2) is 4.98 Å². The molecule has 3 aliphatic rings. The number of carbonyl (C=O) groups is 1. The molecule has 41 heavy (non-hydrogen) atoms. The SMILES string of the molecule is O=C(NCCN1CCOCC1)c1ccc2c(-c3nc4ccc(N5CCC(N6CCCCC6)CC5)cc4[nH]3)n[nH]c2c1. The maximum atomic E-state index is 12.8. The van der Waals surface area contributed by atoms with Gasteiger partial charge in [0.1, 0.15) is 5.69 Å². The molecule has 10 heteroatoms. The van der Waals surface area contributed by atoms with E-state index in [1.165, 1.54) is 50.9 Å². The summed E-state index contributed by atoms with van der Waals surface area (Å²) < 4.78 is 5.39. The summed E-state index contributed by atoms with van der Waals surface area (Å²) in [6.07, 6.45) is 6.58. The van der Waals surface area contributed by atoms with Crippen LogP contribution in [0.1, 0.15) is 42.5 Å². The number of amides is 1. The summed E-state index contributed by atoms with van der Waals surface area (Å²) in [7, 11) is 0. The first-order chi connectivity index (χ1) is 20.2. The number of piperidine rings is 2. The van der Waals surface area contributed by atoms with E-state index in [1.807, 2.05) is 18.2 Å². The molecular formula is C31H40N8O2. The zero-order valence-electron chi connectivity index (χ0n) is 23.7. The number of benzene rings is 2. The van der Waals surface area contributed by atoms with Gasteiger partial charge in [0.05, 0.1) is 29.8 Å². The molecule has 10 nitrogen and oxygen atoms in total. The number of aromatic amines is 2. The first-order valence-electron chi connectivity index (χ1n) is 15.3. The second kappa shape index (κ2) is 11.8. The fourth-order valence-electron chi connectivity index (χ4n) is 6.67. The molecule has 0 bridgehead atoms. The van der Waals surface area contributed by atoms with E-state index in [-0.39, 0.29) is 5.91 Å². The Kier molecular flexibility index (Phi) is 7.60. The number of hydrogen-bond acceptors (Lipinski definition) is 7. The number of ether oxygens (including phenoxy) is 1. The molecule has 7 rings (SSSR count). The van der Waals surface area contributed by atoms with Crippen molar-refractivity contribution in [3.05, 3.63) is 42.0 Å². The highest BCUT2D eigenvalue weighted by molar-refractivity contribution is 6.00. The molecule has 0 radical (unpaired) electrons. The molecule has 3 fully saturated rings. The van der Waals surface area contributed by atoms with Crippen molar-refractivity contribution in [2.24, 2.45) is 0 Å². The Morgan fingerprint density at radius 3 is 2.61 bits per heavy atom. The Hall–Kier alpha value is -3.47. The van der Waals surface area contributed by atoms with E-state index in [9.17, 15) is 4.79 Å². The van der Waals surface area contributed by atoms with Gasteiger partial charge in [-0.1, -0.05) is 6.42 Å². The minimum Gasteiger partial charge on any atom is -0.379 e. The van der Waals surface area contributed by atoms with Crippen LogP contribution in [0.2, 0.25) is 0 Å². The van der Waals surface area contributed by atoms with Gasteiger partial charge in [-0.3, -0.25) is 14.8 Å². The number of nitrogens with one attached hydrogen (secondary N) is 3. The van der Waals surface area contributed by atoms with E-state index in [0.717, 1.165) is 85.4 Å². The number of hydrogen-bond donors (Lipinski definition) is 3. The second-order valence-electron chi connectivity index (χ2n) is 11.6. The van der Waals surface area contributed by atoms with Crippen LogP contribution in [0.4, 0.5) is 5.69 Å². The van der Waals surface area contributed by atoms with E-state index in [4.69, 9.17) is 9.72 Å². The lowest BCUT2D eigenvalue weighted by Gasteiger charge is -2.41. The monoisotopic (exact) mass is 556 g/mol. The van der Waals surface area contributed by atoms with Crippen LogP contribution < -0.4 is 10.2 Å². The molecule has 2 aromatic heterocycles. The molecule has 2 aromatic carbocycles. The number of carbonyl (C=O) groups excluding carboxylic acids is 1. The van der Waals surface area contributed by atoms with Gasteiger partial charge < -0.3 is 24.8 Å². The van der Waals surface area contributed by atoms with Crippen LogP contribution in [0.3, 0.4) is 0 Å². The smallest absolute Gasteiger partial charge is 0.251 e. The average molecular weight is 557 g/mol. The van der Waals surface area contributed by atoms with Crippen molar-refractivity contribution in [3.63, 3.8) is 0 Å². The lowest BCUT2D eigenvalue weighted by atomic mass is 9.99. The third kappa shape index (κ3) is 5.68. The van der Waals surface area contributed by atoms with Crippen LogP contribution in [0, 0.1) is 0 Å². The van der Waals surface area contributed by atoms with E-state index in [2.05, 4.69) is 53.4 Å². The summed E-state index contributed by atoms with van der Waals surface area (Å²) in [5.41, 5.74) is 5.40. The lowest BCUT2D eigenvalue weighted by Crippen LogP contribution is -2.46. The first-order valence-corrected chi connectivity index (χ1v) is 15.3. The summed E-state index contributed by atoms with van der Waals surface area (Å²) in [5.74, 6) is 0.655. The number of likely N-dealkylation sites (tertiary alicyclic amines) is 1. The van der Waals surface area contributed by atoms with Crippen molar-refractivity contribution in [3.8, 4) is 11.5 Å². The van der Waals surface area contributed by atoms with Crippen LogP contribution in [0.15, 0.2) is 36.4 Å². The number of rotatable bonds is 7. The Balaban J connectivity index is 1.01. The predicted molar refractivity (Wildman–Crippen MR) is 161 cm³/mol. The Morgan fingerprint density at radius 2 is 1.78 bits per heavy atom. The summed E-state index contributed by atoms with van der Waals surface area (Å²) in [4.78, 5) is 28.7. The van der Waals surface area contributed by atoms with Crippen molar-refractivity contribution >= 4 is 33.5 Å². The number of nitrogens with zero attached hydrogens (tertiary/aromatic N) is 5. The third-order valence-corrected chi connectivity index (χ3v) is 9.07. The van der Waals surface area contributed by atoms with Crippen LogP contribution in [0.25, 0.3) is 33.5 Å². The predicted octanol–water partition coefficient (Wildman–Crippen LogP) is 3.62. The van der Waals surface area contributed by atoms with Crippen molar-refractivity contribution in [2.45, 2.75) is 38.1 Å². The van der Waals surface area contributed by atoms with E-state index in [0.29, 0.717) is 12.1 Å². The summed E-state index contributed by atoms with van der Waals surface area (Å²) >= 11 is 0. The number of anilines is 1. The largest absolute Gasteiger partial charge is 0.379 e. The molecular weight excluding hydrogens is 516 g/mol. The second-order valence-corrected chi connectivity index (χ2v) is 11.6. The number of aromatic nitrogens is 4. The fourth-order valence-corrected chi connectivity index (χ4v) is 6.67.